The molecule has 2 atom stereocenters. The molecule has 19 heavy (non-hydrogen) atoms. The van der Waals surface area contributed by atoms with Crippen molar-refractivity contribution in [2.75, 3.05) is 19.6 Å². The second-order valence-electron chi connectivity index (χ2n) is 6.25. The van der Waals surface area contributed by atoms with Crippen LogP contribution in [0.5, 0.6) is 0 Å². The van der Waals surface area contributed by atoms with Crippen molar-refractivity contribution in [1.82, 2.24) is 4.90 Å². The number of likely N-dealkylation sites (tertiary alicyclic amines) is 1. The molecule has 0 spiro atoms. The van der Waals surface area contributed by atoms with Gasteiger partial charge in [-0.05, 0) is 39.2 Å². The number of benzene rings is 1. The van der Waals surface area contributed by atoms with E-state index in [9.17, 15) is 10.2 Å². The van der Waals surface area contributed by atoms with E-state index in [2.05, 4.69) is 36.9 Å². The van der Waals surface area contributed by atoms with Crippen molar-refractivity contribution >= 4 is 0 Å². The molecule has 0 aromatic heterocycles. The minimum Gasteiger partial charge on any atom is -0.389 e. The number of aliphatic hydroxyl groups is 2. The van der Waals surface area contributed by atoms with Crippen molar-refractivity contribution < 1.29 is 10.2 Å². The fraction of sp³-hybridized carbons (Fsp3) is 0.625. The van der Waals surface area contributed by atoms with Gasteiger partial charge in [0.2, 0.25) is 0 Å². The van der Waals surface area contributed by atoms with Crippen LogP contribution in [0.15, 0.2) is 18.2 Å². The van der Waals surface area contributed by atoms with E-state index in [0.717, 1.165) is 31.5 Å². The van der Waals surface area contributed by atoms with Crippen LogP contribution in [0, 0.1) is 13.8 Å². The van der Waals surface area contributed by atoms with Crippen LogP contribution in [0.1, 0.15) is 42.6 Å². The first-order valence-corrected chi connectivity index (χ1v) is 7.07. The van der Waals surface area contributed by atoms with Crippen LogP contribution in [-0.2, 0) is 0 Å². The van der Waals surface area contributed by atoms with E-state index in [1.54, 1.807) is 0 Å². The Labute approximate surface area is 115 Å². The molecule has 2 N–H and O–H groups in total. The van der Waals surface area contributed by atoms with Crippen molar-refractivity contribution in [3.8, 4) is 0 Å². The number of hydrogen-bond donors (Lipinski definition) is 2. The summed E-state index contributed by atoms with van der Waals surface area (Å²) in [5.74, 6) is 0. The zero-order chi connectivity index (χ0) is 14.0. The smallest absolute Gasteiger partial charge is 0.0802 e. The third-order valence-corrected chi connectivity index (χ3v) is 3.88. The highest BCUT2D eigenvalue weighted by Gasteiger charge is 2.31. The van der Waals surface area contributed by atoms with Gasteiger partial charge in [-0.15, -0.1) is 0 Å². The lowest BCUT2D eigenvalue weighted by molar-refractivity contribution is 0.0655. The fourth-order valence-electron chi connectivity index (χ4n) is 2.90. The van der Waals surface area contributed by atoms with Gasteiger partial charge in [-0.1, -0.05) is 29.3 Å². The summed E-state index contributed by atoms with van der Waals surface area (Å²) in [5, 5.41) is 20.2. The number of rotatable bonds is 4. The van der Waals surface area contributed by atoms with E-state index in [4.69, 9.17) is 0 Å². The van der Waals surface area contributed by atoms with Crippen LogP contribution >= 0.6 is 0 Å². The van der Waals surface area contributed by atoms with E-state index >= 15 is 0 Å². The molecule has 2 unspecified atom stereocenters. The Bertz CT molecular complexity index is 422. The van der Waals surface area contributed by atoms with E-state index in [1.165, 1.54) is 11.1 Å². The molecule has 1 saturated heterocycles. The Morgan fingerprint density at radius 2 is 1.89 bits per heavy atom. The molecular formula is C16H25NO2. The first kappa shape index (κ1) is 14.5. The van der Waals surface area contributed by atoms with Crippen LogP contribution in [0.4, 0.5) is 0 Å². The summed E-state index contributed by atoms with van der Waals surface area (Å²) < 4.78 is 0. The minimum atomic E-state index is -0.551. The Balaban J connectivity index is 1.89. The summed E-state index contributed by atoms with van der Waals surface area (Å²) >= 11 is 0. The average molecular weight is 263 g/mol. The van der Waals surface area contributed by atoms with Gasteiger partial charge in [0.25, 0.3) is 0 Å². The largest absolute Gasteiger partial charge is 0.389 e. The Kier molecular flexibility index (Phi) is 4.29. The van der Waals surface area contributed by atoms with E-state index in [1.807, 2.05) is 6.92 Å². The van der Waals surface area contributed by atoms with Crippen LogP contribution in [0.25, 0.3) is 0 Å². The molecule has 0 radical (unpaired) electrons. The maximum absolute atomic E-state index is 10.3. The third kappa shape index (κ3) is 4.03. The molecular weight excluding hydrogens is 238 g/mol. The maximum atomic E-state index is 10.3. The predicted molar refractivity (Wildman–Crippen MR) is 77.2 cm³/mol. The van der Waals surface area contributed by atoms with E-state index in [0.29, 0.717) is 6.54 Å². The van der Waals surface area contributed by atoms with Gasteiger partial charge in [-0.2, -0.15) is 0 Å². The molecule has 0 amide bonds. The lowest BCUT2D eigenvalue weighted by Crippen LogP contribution is -2.30. The number of aliphatic hydroxyl groups excluding tert-OH is 1. The van der Waals surface area contributed by atoms with Crippen molar-refractivity contribution in [2.45, 2.75) is 45.3 Å². The SMILES string of the molecule is Cc1cc(C)cc(C(O)CCN2CCC(C)(O)C2)c1. The molecule has 1 fully saturated rings. The molecule has 3 heteroatoms. The van der Waals surface area contributed by atoms with Gasteiger partial charge in [0.05, 0.1) is 11.7 Å². The van der Waals surface area contributed by atoms with Crippen molar-refractivity contribution in [3.05, 3.63) is 34.9 Å². The lowest BCUT2D eigenvalue weighted by Gasteiger charge is -2.20. The zero-order valence-electron chi connectivity index (χ0n) is 12.2. The maximum Gasteiger partial charge on any atom is 0.0802 e. The molecule has 2 rings (SSSR count). The van der Waals surface area contributed by atoms with Crippen LogP contribution in [-0.4, -0.2) is 40.3 Å². The Morgan fingerprint density at radius 3 is 2.42 bits per heavy atom. The van der Waals surface area contributed by atoms with Crippen molar-refractivity contribution in [1.29, 1.82) is 0 Å². The van der Waals surface area contributed by atoms with Gasteiger partial charge in [0.15, 0.2) is 0 Å². The van der Waals surface area contributed by atoms with Gasteiger partial charge in [0, 0.05) is 19.6 Å². The molecule has 1 aromatic carbocycles. The summed E-state index contributed by atoms with van der Waals surface area (Å²) in [7, 11) is 0. The first-order valence-electron chi connectivity index (χ1n) is 7.07. The van der Waals surface area contributed by atoms with E-state index < -0.39 is 11.7 Å². The molecule has 1 aliphatic rings. The summed E-state index contributed by atoms with van der Waals surface area (Å²) in [5.41, 5.74) is 2.84. The zero-order valence-corrected chi connectivity index (χ0v) is 12.2. The standard InChI is InChI=1S/C16H25NO2/c1-12-8-13(2)10-14(9-12)15(18)4-6-17-7-5-16(3,19)11-17/h8-10,15,18-19H,4-7,11H2,1-3H3. The number of aryl methyl sites for hydroxylation is 2. The second-order valence-corrected chi connectivity index (χ2v) is 6.25. The molecule has 1 aromatic rings. The van der Waals surface area contributed by atoms with Crippen LogP contribution in [0.3, 0.4) is 0 Å². The van der Waals surface area contributed by atoms with Crippen molar-refractivity contribution in [2.24, 2.45) is 0 Å². The number of hydrogen-bond acceptors (Lipinski definition) is 3. The molecule has 1 aliphatic heterocycles. The van der Waals surface area contributed by atoms with Crippen LogP contribution < -0.4 is 0 Å². The van der Waals surface area contributed by atoms with Crippen molar-refractivity contribution in [3.63, 3.8) is 0 Å². The highest BCUT2D eigenvalue weighted by Crippen LogP contribution is 2.24. The summed E-state index contributed by atoms with van der Waals surface area (Å²) in [4.78, 5) is 2.23. The summed E-state index contributed by atoms with van der Waals surface area (Å²) in [6, 6.07) is 6.23. The topological polar surface area (TPSA) is 43.7 Å². The van der Waals surface area contributed by atoms with Gasteiger partial charge in [-0.3, -0.25) is 0 Å². The molecule has 3 nitrogen and oxygen atoms in total. The quantitative estimate of drug-likeness (QED) is 0.875. The second kappa shape index (κ2) is 5.61. The molecule has 0 bridgehead atoms. The van der Waals surface area contributed by atoms with Gasteiger partial charge in [-0.25, -0.2) is 0 Å². The third-order valence-electron chi connectivity index (χ3n) is 3.88. The molecule has 0 saturated carbocycles. The van der Waals surface area contributed by atoms with E-state index in [-0.39, 0.29) is 0 Å². The average Bonchev–Trinajstić information content (AvgIpc) is 2.64. The molecule has 1 heterocycles. The minimum absolute atomic E-state index is 0.413. The fourth-order valence-corrected chi connectivity index (χ4v) is 2.90. The van der Waals surface area contributed by atoms with Crippen LogP contribution in [0.2, 0.25) is 0 Å². The number of nitrogens with zero attached hydrogens (tertiary/aromatic N) is 1. The summed E-state index contributed by atoms with van der Waals surface area (Å²) in [6.45, 7) is 8.47. The lowest BCUT2D eigenvalue weighted by atomic mass is 10.0. The Hall–Kier alpha value is -0.900. The van der Waals surface area contributed by atoms with Gasteiger partial charge < -0.3 is 15.1 Å². The Morgan fingerprint density at radius 1 is 1.26 bits per heavy atom. The highest BCUT2D eigenvalue weighted by atomic mass is 16.3. The summed E-state index contributed by atoms with van der Waals surface area (Å²) in [6.07, 6.45) is 1.13. The normalized spacial score (nSPS) is 25.7. The van der Waals surface area contributed by atoms with Gasteiger partial charge >= 0.3 is 0 Å². The molecule has 106 valence electrons. The molecule has 0 aliphatic carbocycles. The number of β-amino-alcohol motifs (C(OH)–C–C–N with tert-alkyl or cyclic N) is 1. The monoisotopic (exact) mass is 263 g/mol. The highest BCUT2D eigenvalue weighted by molar-refractivity contribution is 5.29. The first-order chi connectivity index (χ1) is 8.85. The predicted octanol–water partition coefficient (Wildman–Crippen LogP) is 2.18. The van der Waals surface area contributed by atoms with Gasteiger partial charge in [0.1, 0.15) is 0 Å².